The molecule has 0 heterocycles. The number of rotatable bonds is 6. The Morgan fingerprint density at radius 2 is 2.19 bits per heavy atom. The molecular formula is C12H18BrClN2. The largest absolute Gasteiger partial charge is 0.320 e. The molecule has 0 bridgehead atoms. The highest BCUT2D eigenvalue weighted by molar-refractivity contribution is 9.10. The summed E-state index contributed by atoms with van der Waals surface area (Å²) >= 11 is 9.39. The molecule has 0 amide bonds. The minimum atomic E-state index is 0.765. The maximum atomic E-state index is 5.95. The van der Waals surface area contributed by atoms with Gasteiger partial charge in [0, 0.05) is 11.0 Å². The zero-order valence-electron chi connectivity index (χ0n) is 9.76. The fourth-order valence-corrected chi connectivity index (χ4v) is 2.10. The number of nitrogens with zero attached hydrogens (tertiary/aromatic N) is 1. The molecule has 1 aromatic rings. The van der Waals surface area contributed by atoms with Gasteiger partial charge in [0.25, 0.3) is 0 Å². The summed E-state index contributed by atoms with van der Waals surface area (Å²) in [5.41, 5.74) is 1.28. The van der Waals surface area contributed by atoms with Crippen molar-refractivity contribution in [1.29, 1.82) is 0 Å². The van der Waals surface area contributed by atoms with Gasteiger partial charge >= 0.3 is 0 Å². The van der Waals surface area contributed by atoms with Crippen molar-refractivity contribution >= 4 is 27.5 Å². The van der Waals surface area contributed by atoms with Crippen LogP contribution in [0.4, 0.5) is 0 Å². The van der Waals surface area contributed by atoms with Crippen LogP contribution in [-0.4, -0.2) is 32.1 Å². The predicted molar refractivity (Wildman–Crippen MR) is 74.0 cm³/mol. The average molecular weight is 306 g/mol. The summed E-state index contributed by atoms with van der Waals surface area (Å²) in [6.45, 7) is 3.12. The van der Waals surface area contributed by atoms with Gasteiger partial charge in [0.2, 0.25) is 0 Å². The van der Waals surface area contributed by atoms with Gasteiger partial charge in [-0.15, -0.1) is 0 Å². The molecule has 0 aromatic heterocycles. The Morgan fingerprint density at radius 1 is 1.44 bits per heavy atom. The number of nitrogens with one attached hydrogen (secondary N) is 1. The van der Waals surface area contributed by atoms with Gasteiger partial charge < -0.3 is 10.2 Å². The van der Waals surface area contributed by atoms with Crippen molar-refractivity contribution in [2.75, 3.05) is 27.2 Å². The first-order valence-electron chi connectivity index (χ1n) is 5.40. The van der Waals surface area contributed by atoms with Crippen LogP contribution in [0.1, 0.15) is 12.0 Å². The normalized spacial score (nSPS) is 11.1. The Kier molecular flexibility index (Phi) is 6.36. The van der Waals surface area contributed by atoms with Crippen molar-refractivity contribution in [3.8, 4) is 0 Å². The van der Waals surface area contributed by atoms with Crippen LogP contribution in [0, 0.1) is 0 Å². The first-order chi connectivity index (χ1) is 7.63. The summed E-state index contributed by atoms with van der Waals surface area (Å²) in [4.78, 5) is 2.31. The van der Waals surface area contributed by atoms with Crippen LogP contribution in [0.5, 0.6) is 0 Å². The van der Waals surface area contributed by atoms with Crippen LogP contribution in [0.3, 0.4) is 0 Å². The van der Waals surface area contributed by atoms with E-state index in [4.69, 9.17) is 11.6 Å². The standard InChI is InChI=1S/C12H18BrClN2/c1-15-6-3-7-16(2)9-10-4-5-12(14)11(13)8-10/h4-5,8,15H,3,6-7,9H2,1-2H3. The fourth-order valence-electron chi connectivity index (χ4n) is 1.55. The smallest absolute Gasteiger partial charge is 0.0548 e. The molecule has 0 aliphatic carbocycles. The van der Waals surface area contributed by atoms with E-state index in [-0.39, 0.29) is 0 Å². The van der Waals surface area contributed by atoms with Gasteiger partial charge in [0.15, 0.2) is 0 Å². The van der Waals surface area contributed by atoms with E-state index in [0.29, 0.717) is 0 Å². The van der Waals surface area contributed by atoms with E-state index in [1.807, 2.05) is 13.1 Å². The van der Waals surface area contributed by atoms with Gasteiger partial charge in [-0.1, -0.05) is 17.7 Å². The summed E-state index contributed by atoms with van der Waals surface area (Å²) in [6.07, 6.45) is 1.17. The molecule has 0 fully saturated rings. The minimum Gasteiger partial charge on any atom is -0.320 e. The van der Waals surface area contributed by atoms with Crippen molar-refractivity contribution in [3.05, 3.63) is 33.3 Å². The van der Waals surface area contributed by atoms with Crippen LogP contribution in [0.25, 0.3) is 0 Å². The predicted octanol–water partition coefficient (Wildman–Crippen LogP) is 3.14. The first-order valence-corrected chi connectivity index (χ1v) is 6.57. The second kappa shape index (κ2) is 7.28. The van der Waals surface area contributed by atoms with E-state index in [9.17, 15) is 0 Å². The lowest BCUT2D eigenvalue weighted by Gasteiger charge is -2.16. The number of benzene rings is 1. The van der Waals surface area contributed by atoms with Crippen LogP contribution < -0.4 is 5.32 Å². The third-order valence-electron chi connectivity index (χ3n) is 2.40. The Balaban J connectivity index is 2.43. The summed E-state index contributed by atoms with van der Waals surface area (Å²) in [5, 5.41) is 3.92. The summed E-state index contributed by atoms with van der Waals surface area (Å²) in [5.74, 6) is 0. The van der Waals surface area contributed by atoms with Gasteiger partial charge in [0.1, 0.15) is 0 Å². The summed E-state index contributed by atoms with van der Waals surface area (Å²) in [6, 6.07) is 6.08. The third kappa shape index (κ3) is 4.83. The van der Waals surface area contributed by atoms with Gasteiger partial charge in [-0.25, -0.2) is 0 Å². The zero-order chi connectivity index (χ0) is 12.0. The lowest BCUT2D eigenvalue weighted by molar-refractivity contribution is 0.321. The van der Waals surface area contributed by atoms with E-state index in [0.717, 1.165) is 29.1 Å². The van der Waals surface area contributed by atoms with E-state index in [1.54, 1.807) is 0 Å². The molecule has 1 N–H and O–H groups in total. The van der Waals surface area contributed by atoms with Crippen molar-refractivity contribution in [2.24, 2.45) is 0 Å². The Bertz CT molecular complexity index is 331. The van der Waals surface area contributed by atoms with Crippen LogP contribution in [0.15, 0.2) is 22.7 Å². The molecule has 4 heteroatoms. The molecule has 0 spiro atoms. The van der Waals surface area contributed by atoms with E-state index in [2.05, 4.69) is 45.3 Å². The molecule has 0 atom stereocenters. The average Bonchev–Trinajstić information content (AvgIpc) is 2.24. The lowest BCUT2D eigenvalue weighted by Crippen LogP contribution is -2.22. The van der Waals surface area contributed by atoms with E-state index in [1.165, 1.54) is 12.0 Å². The molecule has 0 aliphatic rings. The Hall–Kier alpha value is -0.0900. The Morgan fingerprint density at radius 3 is 2.81 bits per heavy atom. The highest BCUT2D eigenvalue weighted by atomic mass is 79.9. The van der Waals surface area contributed by atoms with Gasteiger partial charge in [-0.3, -0.25) is 0 Å². The molecule has 1 rings (SSSR count). The molecule has 0 radical (unpaired) electrons. The maximum Gasteiger partial charge on any atom is 0.0548 e. The second-order valence-electron chi connectivity index (χ2n) is 3.94. The molecule has 0 aliphatic heterocycles. The number of halogens is 2. The SMILES string of the molecule is CNCCCN(C)Cc1ccc(Cl)c(Br)c1. The van der Waals surface area contributed by atoms with E-state index >= 15 is 0 Å². The van der Waals surface area contributed by atoms with Crippen molar-refractivity contribution < 1.29 is 0 Å². The number of hydrogen-bond acceptors (Lipinski definition) is 2. The fraction of sp³-hybridized carbons (Fsp3) is 0.500. The molecule has 0 unspecified atom stereocenters. The molecular weight excluding hydrogens is 288 g/mol. The number of hydrogen-bond donors (Lipinski definition) is 1. The van der Waals surface area contributed by atoms with Crippen molar-refractivity contribution in [3.63, 3.8) is 0 Å². The molecule has 0 saturated carbocycles. The highest BCUT2D eigenvalue weighted by Crippen LogP contribution is 2.23. The molecule has 16 heavy (non-hydrogen) atoms. The van der Waals surface area contributed by atoms with E-state index < -0.39 is 0 Å². The summed E-state index contributed by atoms with van der Waals surface area (Å²) < 4.78 is 0.968. The van der Waals surface area contributed by atoms with Gasteiger partial charge in [-0.05, 0) is 67.2 Å². The van der Waals surface area contributed by atoms with Crippen molar-refractivity contribution in [1.82, 2.24) is 10.2 Å². The monoisotopic (exact) mass is 304 g/mol. The molecule has 2 nitrogen and oxygen atoms in total. The first kappa shape index (κ1) is 14.0. The second-order valence-corrected chi connectivity index (χ2v) is 5.20. The highest BCUT2D eigenvalue weighted by Gasteiger charge is 2.02. The Labute approximate surface area is 111 Å². The van der Waals surface area contributed by atoms with Crippen LogP contribution in [0.2, 0.25) is 5.02 Å². The van der Waals surface area contributed by atoms with Crippen molar-refractivity contribution in [2.45, 2.75) is 13.0 Å². The van der Waals surface area contributed by atoms with Crippen LogP contribution in [-0.2, 0) is 6.54 Å². The third-order valence-corrected chi connectivity index (χ3v) is 3.62. The van der Waals surface area contributed by atoms with Crippen LogP contribution >= 0.6 is 27.5 Å². The van der Waals surface area contributed by atoms with Gasteiger partial charge in [-0.2, -0.15) is 0 Å². The van der Waals surface area contributed by atoms with Gasteiger partial charge in [0.05, 0.1) is 5.02 Å². The quantitative estimate of drug-likeness (QED) is 0.812. The lowest BCUT2D eigenvalue weighted by atomic mass is 10.2. The zero-order valence-corrected chi connectivity index (χ0v) is 12.1. The molecule has 90 valence electrons. The minimum absolute atomic E-state index is 0.765. The topological polar surface area (TPSA) is 15.3 Å². The maximum absolute atomic E-state index is 5.95. The molecule has 0 saturated heterocycles. The summed E-state index contributed by atoms with van der Waals surface area (Å²) in [7, 11) is 4.12. The molecule has 1 aromatic carbocycles.